The van der Waals surface area contributed by atoms with Gasteiger partial charge in [0.2, 0.25) is 0 Å². The number of hydrogen-bond acceptors (Lipinski definition) is 7. The maximum Gasteiger partial charge on any atom is 0.338 e. The maximum absolute atomic E-state index is 12.2. The van der Waals surface area contributed by atoms with Crippen LogP contribution in [0.4, 0.5) is 0 Å². The number of methoxy groups -OCH3 is 1. The van der Waals surface area contributed by atoms with E-state index in [9.17, 15) is 14.4 Å². The highest BCUT2D eigenvalue weighted by Crippen LogP contribution is 2.36. The molecule has 0 amide bonds. The summed E-state index contributed by atoms with van der Waals surface area (Å²) in [5.41, 5.74) is 4.00. The average Bonchev–Trinajstić information content (AvgIpc) is 2.89. The van der Waals surface area contributed by atoms with Gasteiger partial charge in [-0.15, -0.1) is 0 Å². The Hall–Kier alpha value is -4.91. The van der Waals surface area contributed by atoms with Gasteiger partial charge < -0.3 is 18.9 Å². The van der Waals surface area contributed by atoms with Gasteiger partial charge in [0, 0.05) is 16.7 Å². The van der Waals surface area contributed by atoms with Gasteiger partial charge in [0.15, 0.2) is 23.0 Å². The summed E-state index contributed by atoms with van der Waals surface area (Å²) in [4.78, 5) is 36.1. The Balaban J connectivity index is 1.91. The van der Waals surface area contributed by atoms with E-state index in [0.29, 0.717) is 11.5 Å². The fourth-order valence-electron chi connectivity index (χ4n) is 3.20. The van der Waals surface area contributed by atoms with Crippen molar-refractivity contribution in [2.45, 2.75) is 20.8 Å². The fourth-order valence-corrected chi connectivity index (χ4v) is 3.20. The molecule has 0 unspecified atom stereocenters. The molecule has 38 heavy (non-hydrogen) atoms. The van der Waals surface area contributed by atoms with Crippen molar-refractivity contribution in [2.24, 2.45) is 0 Å². The molecule has 0 N–H and O–H groups in total. The molecule has 0 aliphatic heterocycles. The van der Waals surface area contributed by atoms with Crippen LogP contribution in [-0.4, -0.2) is 25.0 Å². The molecule has 0 fully saturated rings. The lowest BCUT2D eigenvalue weighted by Gasteiger charge is -2.13. The van der Waals surface area contributed by atoms with Gasteiger partial charge in [-0.2, -0.15) is 0 Å². The third-order valence-electron chi connectivity index (χ3n) is 5.31. The molecule has 7 nitrogen and oxygen atoms in total. The van der Waals surface area contributed by atoms with E-state index in [1.165, 1.54) is 21.0 Å². The maximum atomic E-state index is 12.2. The molecule has 0 aliphatic carbocycles. The number of carbonyl (C=O) groups excluding carboxylic acids is 3. The molecule has 0 spiro atoms. The number of hydrogen-bond donors (Lipinski definition) is 0. The summed E-state index contributed by atoms with van der Waals surface area (Å²) in [5, 5.41) is 0. The molecule has 194 valence electrons. The lowest BCUT2D eigenvalue weighted by atomic mass is 9.99. The van der Waals surface area contributed by atoms with Crippen molar-refractivity contribution < 1.29 is 33.3 Å². The summed E-state index contributed by atoms with van der Waals surface area (Å²) in [6.07, 6.45) is 0. The summed E-state index contributed by atoms with van der Waals surface area (Å²) < 4.78 is 21.5. The van der Waals surface area contributed by atoms with E-state index in [1.807, 2.05) is 30.3 Å². The van der Waals surface area contributed by atoms with Crippen LogP contribution in [0.2, 0.25) is 0 Å². The monoisotopic (exact) mass is 512 g/mol. The minimum Gasteiger partial charge on any atom is -0.493 e. The van der Waals surface area contributed by atoms with Crippen molar-refractivity contribution in [1.82, 2.24) is 0 Å². The summed E-state index contributed by atoms with van der Waals surface area (Å²) in [6, 6.07) is 17.8. The lowest BCUT2D eigenvalue weighted by Crippen LogP contribution is -2.12. The van der Waals surface area contributed by atoms with Crippen LogP contribution in [0.25, 0.3) is 22.3 Å². The zero-order chi connectivity index (χ0) is 28.0. The van der Waals surface area contributed by atoms with Gasteiger partial charge in [-0.3, -0.25) is 0 Å². The van der Waals surface area contributed by atoms with Crippen molar-refractivity contribution >= 4 is 17.9 Å². The summed E-state index contributed by atoms with van der Waals surface area (Å²) in [6.45, 7) is 15.4. The number of benzene rings is 3. The zero-order valence-corrected chi connectivity index (χ0v) is 21.8. The Kier molecular flexibility index (Phi) is 8.65. The van der Waals surface area contributed by atoms with E-state index < -0.39 is 17.9 Å². The molecule has 0 aromatic heterocycles. The predicted molar refractivity (Wildman–Crippen MR) is 145 cm³/mol. The molecule has 0 saturated carbocycles. The molecular formula is C31H28O7. The zero-order valence-electron chi connectivity index (χ0n) is 21.8. The van der Waals surface area contributed by atoms with Crippen LogP contribution in [-0.2, 0) is 14.4 Å². The summed E-state index contributed by atoms with van der Waals surface area (Å²) in [5.74, 6) is -0.933. The molecule has 3 rings (SSSR count). The van der Waals surface area contributed by atoms with Crippen molar-refractivity contribution in [1.29, 1.82) is 0 Å². The normalized spacial score (nSPS) is 10.2. The van der Waals surface area contributed by atoms with Crippen molar-refractivity contribution in [3.05, 3.63) is 97.1 Å². The van der Waals surface area contributed by atoms with Crippen LogP contribution in [0, 0.1) is 0 Å². The van der Waals surface area contributed by atoms with Crippen LogP contribution in [0.5, 0.6) is 23.0 Å². The van der Waals surface area contributed by atoms with Gasteiger partial charge in [0.1, 0.15) is 0 Å². The van der Waals surface area contributed by atoms with E-state index in [4.69, 9.17) is 18.9 Å². The molecule has 0 bridgehead atoms. The third kappa shape index (κ3) is 6.64. The molecular weight excluding hydrogens is 484 g/mol. The van der Waals surface area contributed by atoms with Gasteiger partial charge in [-0.1, -0.05) is 56.1 Å². The molecule has 0 saturated heterocycles. The minimum atomic E-state index is -0.642. The van der Waals surface area contributed by atoms with E-state index >= 15 is 0 Å². The number of carbonyl (C=O) groups is 3. The molecule has 0 radical (unpaired) electrons. The molecule has 3 aromatic rings. The Morgan fingerprint density at radius 1 is 0.500 bits per heavy atom. The number of ether oxygens (including phenoxy) is 4. The first-order chi connectivity index (χ1) is 18.0. The second-order valence-electron chi connectivity index (χ2n) is 8.61. The second-order valence-corrected chi connectivity index (χ2v) is 8.61. The van der Waals surface area contributed by atoms with Crippen LogP contribution in [0.15, 0.2) is 97.1 Å². The van der Waals surface area contributed by atoms with E-state index in [1.54, 1.807) is 37.3 Å². The Morgan fingerprint density at radius 2 is 0.816 bits per heavy atom. The minimum absolute atomic E-state index is 0.0822. The van der Waals surface area contributed by atoms with Gasteiger partial charge in [0.25, 0.3) is 0 Å². The molecule has 0 heterocycles. The predicted octanol–water partition coefficient (Wildman–Crippen LogP) is 6.47. The number of rotatable bonds is 9. The largest absolute Gasteiger partial charge is 0.493 e. The number of esters is 3. The van der Waals surface area contributed by atoms with Crippen LogP contribution in [0.3, 0.4) is 0 Å². The van der Waals surface area contributed by atoms with E-state index in [-0.39, 0.29) is 28.2 Å². The van der Waals surface area contributed by atoms with Crippen LogP contribution < -0.4 is 18.9 Å². The first kappa shape index (κ1) is 27.7. The summed E-state index contributed by atoms with van der Waals surface area (Å²) >= 11 is 0. The molecule has 0 aliphatic rings. The average molecular weight is 513 g/mol. The molecule has 3 aromatic carbocycles. The van der Waals surface area contributed by atoms with E-state index in [2.05, 4.69) is 19.7 Å². The highest BCUT2D eigenvalue weighted by atomic mass is 16.6. The van der Waals surface area contributed by atoms with Crippen molar-refractivity contribution in [2.75, 3.05) is 7.11 Å². The fraction of sp³-hybridized carbons (Fsp3) is 0.129. The Labute approximate surface area is 221 Å². The topological polar surface area (TPSA) is 88.1 Å². The van der Waals surface area contributed by atoms with Gasteiger partial charge >= 0.3 is 17.9 Å². The van der Waals surface area contributed by atoms with Crippen LogP contribution in [0.1, 0.15) is 20.8 Å². The Bertz CT molecular complexity index is 1450. The van der Waals surface area contributed by atoms with Crippen molar-refractivity contribution in [3.63, 3.8) is 0 Å². The standard InChI is InChI=1S/C31H28O7/c1-18(2)29(32)36-25-14-12-23(16-27(25)35-7)21-8-10-22(11-9-21)24-13-15-26(37-30(33)19(3)4)28(17-24)38-31(34)20(5)6/h8-17H,1,3,5H2,2,4,6-7H3. The quantitative estimate of drug-likeness (QED) is 0.184. The SMILES string of the molecule is C=C(C)C(=O)Oc1ccc(-c2ccc(-c3ccc(OC(=O)C(=C)C)c(OC(=O)C(=C)C)c3)cc2)cc1OC. The second kappa shape index (κ2) is 11.9. The highest BCUT2D eigenvalue weighted by Gasteiger charge is 2.17. The first-order valence-electron chi connectivity index (χ1n) is 11.6. The smallest absolute Gasteiger partial charge is 0.338 e. The van der Waals surface area contributed by atoms with Crippen LogP contribution >= 0.6 is 0 Å². The van der Waals surface area contributed by atoms with Gasteiger partial charge in [0.05, 0.1) is 7.11 Å². The first-order valence-corrected chi connectivity index (χ1v) is 11.6. The van der Waals surface area contributed by atoms with Crippen molar-refractivity contribution in [3.8, 4) is 45.3 Å². The van der Waals surface area contributed by atoms with E-state index in [0.717, 1.165) is 22.3 Å². The lowest BCUT2D eigenvalue weighted by molar-refractivity contribution is -0.132. The van der Waals surface area contributed by atoms with Gasteiger partial charge in [-0.25, -0.2) is 14.4 Å². The Morgan fingerprint density at radius 3 is 1.18 bits per heavy atom. The summed E-state index contributed by atoms with van der Waals surface area (Å²) in [7, 11) is 1.50. The molecule has 7 heteroatoms. The molecule has 0 atom stereocenters. The van der Waals surface area contributed by atoms with Gasteiger partial charge in [-0.05, 0) is 67.3 Å². The highest BCUT2D eigenvalue weighted by molar-refractivity contribution is 5.91. The third-order valence-corrected chi connectivity index (χ3v) is 5.31.